The molecule has 0 fully saturated rings. The van der Waals surface area contributed by atoms with Gasteiger partial charge in [0.05, 0.1) is 17.2 Å². The van der Waals surface area contributed by atoms with Crippen molar-refractivity contribution in [3.8, 4) is 5.75 Å². The zero-order valence-corrected chi connectivity index (χ0v) is 12.7. The van der Waals surface area contributed by atoms with Crippen LogP contribution in [0.1, 0.15) is 5.56 Å². The van der Waals surface area contributed by atoms with Crippen molar-refractivity contribution in [2.24, 2.45) is 0 Å². The molecule has 0 radical (unpaired) electrons. The number of hydrogen-bond donors (Lipinski definition) is 1. The number of hydrogen-bond acceptors (Lipinski definition) is 4. The van der Waals surface area contributed by atoms with E-state index in [1.54, 1.807) is 13.2 Å². The smallest absolute Gasteiger partial charge is 0.149 e. The fourth-order valence-corrected chi connectivity index (χ4v) is 2.41. The van der Waals surface area contributed by atoms with Gasteiger partial charge in [0, 0.05) is 19.2 Å². The number of anilines is 2. The normalized spacial score (nSPS) is 10.4. The maximum Gasteiger partial charge on any atom is 0.149 e. The number of nitrogens with two attached hydrogens (primary N) is 1. The Hall–Kier alpha value is -1.65. The first-order chi connectivity index (χ1) is 9.52. The van der Waals surface area contributed by atoms with Crippen molar-refractivity contribution in [2.75, 3.05) is 24.8 Å². The predicted molar refractivity (Wildman–Crippen MR) is 83.8 cm³/mol. The highest BCUT2D eigenvalue weighted by atomic mass is 35.5. The lowest BCUT2D eigenvalue weighted by molar-refractivity contribution is 0.409. The van der Waals surface area contributed by atoms with Crippen LogP contribution in [0.2, 0.25) is 10.0 Å². The number of para-hydroxylation sites is 1. The van der Waals surface area contributed by atoms with E-state index in [0.29, 0.717) is 22.4 Å². The molecule has 1 aromatic heterocycles. The second-order valence-corrected chi connectivity index (χ2v) is 5.14. The second-order valence-electron chi connectivity index (χ2n) is 4.33. The molecule has 6 heteroatoms. The van der Waals surface area contributed by atoms with Gasteiger partial charge in [0.15, 0.2) is 0 Å². The molecule has 0 aliphatic carbocycles. The Morgan fingerprint density at radius 1 is 1.25 bits per heavy atom. The molecular formula is C14H15Cl2N3O. The summed E-state index contributed by atoms with van der Waals surface area (Å²) >= 11 is 12.0. The molecule has 106 valence electrons. The van der Waals surface area contributed by atoms with E-state index in [2.05, 4.69) is 4.98 Å². The highest BCUT2D eigenvalue weighted by Crippen LogP contribution is 2.31. The van der Waals surface area contributed by atoms with Crippen LogP contribution in [0.25, 0.3) is 0 Å². The topological polar surface area (TPSA) is 51.4 Å². The van der Waals surface area contributed by atoms with Gasteiger partial charge < -0.3 is 15.4 Å². The van der Waals surface area contributed by atoms with Crippen molar-refractivity contribution < 1.29 is 4.74 Å². The highest BCUT2D eigenvalue weighted by molar-refractivity contribution is 6.37. The third kappa shape index (κ3) is 3.08. The van der Waals surface area contributed by atoms with E-state index >= 15 is 0 Å². The molecule has 4 nitrogen and oxygen atoms in total. The average Bonchev–Trinajstić information content (AvgIpc) is 2.43. The Kier molecular flexibility index (Phi) is 4.57. The van der Waals surface area contributed by atoms with E-state index in [1.807, 2.05) is 36.2 Å². The Bertz CT molecular complexity index is 619. The Labute approximate surface area is 128 Å². The van der Waals surface area contributed by atoms with E-state index in [9.17, 15) is 0 Å². The molecule has 0 spiro atoms. The molecule has 1 heterocycles. The summed E-state index contributed by atoms with van der Waals surface area (Å²) in [7, 11) is 3.53. The number of nitrogens with zero attached hydrogens (tertiary/aromatic N) is 2. The molecular weight excluding hydrogens is 297 g/mol. The van der Waals surface area contributed by atoms with E-state index in [4.69, 9.17) is 33.7 Å². The lowest BCUT2D eigenvalue weighted by atomic mass is 10.2. The van der Waals surface area contributed by atoms with Gasteiger partial charge in [-0.2, -0.15) is 0 Å². The lowest BCUT2D eigenvalue weighted by Crippen LogP contribution is -2.19. The van der Waals surface area contributed by atoms with Gasteiger partial charge >= 0.3 is 0 Å². The zero-order chi connectivity index (χ0) is 14.7. The van der Waals surface area contributed by atoms with Gasteiger partial charge in [-0.05, 0) is 12.1 Å². The van der Waals surface area contributed by atoms with Crippen LogP contribution in [0.15, 0.2) is 30.3 Å². The van der Waals surface area contributed by atoms with Crippen LogP contribution in [-0.4, -0.2) is 19.1 Å². The minimum Gasteiger partial charge on any atom is -0.496 e. The quantitative estimate of drug-likeness (QED) is 0.937. The Morgan fingerprint density at radius 2 is 1.95 bits per heavy atom. The van der Waals surface area contributed by atoms with Gasteiger partial charge in [0.2, 0.25) is 0 Å². The van der Waals surface area contributed by atoms with Crippen molar-refractivity contribution in [1.82, 2.24) is 4.98 Å². The molecule has 0 amide bonds. The van der Waals surface area contributed by atoms with E-state index in [0.717, 1.165) is 11.3 Å². The van der Waals surface area contributed by atoms with Crippen LogP contribution in [0, 0.1) is 0 Å². The zero-order valence-electron chi connectivity index (χ0n) is 11.2. The highest BCUT2D eigenvalue weighted by Gasteiger charge is 2.13. The van der Waals surface area contributed by atoms with Gasteiger partial charge in [-0.15, -0.1) is 0 Å². The minimum absolute atomic E-state index is 0.262. The van der Waals surface area contributed by atoms with Gasteiger partial charge in [-0.3, -0.25) is 0 Å². The van der Waals surface area contributed by atoms with Crippen LogP contribution in [0.5, 0.6) is 5.75 Å². The summed E-state index contributed by atoms with van der Waals surface area (Å²) in [6.45, 7) is 0.595. The van der Waals surface area contributed by atoms with Crippen molar-refractivity contribution in [3.05, 3.63) is 45.9 Å². The van der Waals surface area contributed by atoms with Crippen LogP contribution < -0.4 is 15.4 Å². The van der Waals surface area contributed by atoms with E-state index in [1.165, 1.54) is 0 Å². The lowest BCUT2D eigenvalue weighted by Gasteiger charge is -2.21. The van der Waals surface area contributed by atoms with E-state index < -0.39 is 0 Å². The third-order valence-electron chi connectivity index (χ3n) is 2.90. The minimum atomic E-state index is 0.262. The number of rotatable bonds is 4. The van der Waals surface area contributed by atoms with Gasteiger partial charge in [0.25, 0.3) is 0 Å². The predicted octanol–water partition coefficient (Wildman–Crippen LogP) is 3.62. The van der Waals surface area contributed by atoms with Gasteiger partial charge in [-0.25, -0.2) is 4.98 Å². The largest absolute Gasteiger partial charge is 0.496 e. The molecule has 2 N–H and O–H groups in total. The molecule has 0 saturated heterocycles. The molecule has 2 rings (SSSR count). The summed E-state index contributed by atoms with van der Waals surface area (Å²) in [5, 5.41) is 0.811. The molecule has 0 unspecified atom stereocenters. The van der Waals surface area contributed by atoms with Crippen molar-refractivity contribution in [3.63, 3.8) is 0 Å². The van der Waals surface area contributed by atoms with Crippen molar-refractivity contribution in [1.29, 1.82) is 0 Å². The summed E-state index contributed by atoms with van der Waals surface area (Å²) in [6, 6.07) is 9.38. The summed E-state index contributed by atoms with van der Waals surface area (Å²) in [4.78, 5) is 6.12. The molecule has 0 saturated carbocycles. The van der Waals surface area contributed by atoms with Crippen LogP contribution in [-0.2, 0) is 6.54 Å². The monoisotopic (exact) mass is 311 g/mol. The molecule has 1 aromatic carbocycles. The van der Waals surface area contributed by atoms with Gasteiger partial charge in [-0.1, -0.05) is 41.4 Å². The Balaban J connectivity index is 2.28. The molecule has 0 bridgehead atoms. The number of methoxy groups -OCH3 is 1. The molecule has 2 aromatic rings. The number of aromatic nitrogens is 1. The average molecular weight is 312 g/mol. The summed E-state index contributed by atoms with van der Waals surface area (Å²) in [6.07, 6.45) is 0. The SMILES string of the molecule is COc1ccccc1CN(C)c1nc(N)c(Cl)cc1Cl. The maximum absolute atomic E-state index is 6.16. The number of halogens is 2. The first-order valence-electron chi connectivity index (χ1n) is 5.97. The number of benzene rings is 1. The van der Waals surface area contributed by atoms with Crippen molar-refractivity contribution >= 4 is 34.8 Å². The second kappa shape index (κ2) is 6.20. The summed E-state index contributed by atoms with van der Waals surface area (Å²) < 4.78 is 5.33. The van der Waals surface area contributed by atoms with Crippen LogP contribution in [0.4, 0.5) is 11.6 Å². The Morgan fingerprint density at radius 3 is 2.65 bits per heavy atom. The first kappa shape index (κ1) is 14.8. The summed E-state index contributed by atoms with van der Waals surface area (Å²) in [5.74, 6) is 1.66. The first-order valence-corrected chi connectivity index (χ1v) is 6.73. The summed E-state index contributed by atoms with van der Waals surface area (Å²) in [5.41, 5.74) is 6.76. The third-order valence-corrected chi connectivity index (χ3v) is 3.48. The molecule has 0 aliphatic rings. The molecule has 0 aliphatic heterocycles. The number of nitrogen functional groups attached to an aromatic ring is 1. The van der Waals surface area contributed by atoms with Crippen LogP contribution in [0.3, 0.4) is 0 Å². The van der Waals surface area contributed by atoms with Crippen molar-refractivity contribution in [2.45, 2.75) is 6.54 Å². The fourth-order valence-electron chi connectivity index (χ4n) is 1.90. The fraction of sp³-hybridized carbons (Fsp3) is 0.214. The maximum atomic E-state index is 6.16. The molecule has 20 heavy (non-hydrogen) atoms. The number of ether oxygens (including phenoxy) is 1. The number of pyridine rings is 1. The molecule has 0 atom stereocenters. The van der Waals surface area contributed by atoms with Crippen LogP contribution >= 0.6 is 23.2 Å². The van der Waals surface area contributed by atoms with E-state index in [-0.39, 0.29) is 5.82 Å². The standard InChI is InChI=1S/C14H15Cl2N3O/c1-19(8-9-5-3-4-6-12(9)20-2)14-11(16)7-10(15)13(17)18-14/h3-7H,8H2,1-2H3,(H2,17,18). The van der Waals surface area contributed by atoms with Gasteiger partial charge in [0.1, 0.15) is 17.4 Å².